The van der Waals surface area contributed by atoms with Crippen LogP contribution < -0.4 is 10.9 Å². The fraction of sp³-hybridized carbons (Fsp3) is 0.348. The molecule has 0 aliphatic carbocycles. The third kappa shape index (κ3) is 4.90. The van der Waals surface area contributed by atoms with Crippen LogP contribution in [0.25, 0.3) is 11.0 Å². The summed E-state index contributed by atoms with van der Waals surface area (Å²) in [4.78, 5) is 32.5. The number of hydrogen-bond acceptors (Lipinski definition) is 4. The molecular weight excluding hydrogens is 364 g/mol. The minimum atomic E-state index is -0.342. The molecule has 2 heterocycles. The van der Waals surface area contributed by atoms with E-state index in [-0.39, 0.29) is 17.0 Å². The fourth-order valence-electron chi connectivity index (χ4n) is 3.35. The summed E-state index contributed by atoms with van der Waals surface area (Å²) in [5.41, 5.74) is 2.56. The molecule has 152 valence electrons. The monoisotopic (exact) mass is 392 g/mol. The summed E-state index contributed by atoms with van der Waals surface area (Å²) < 4.78 is 1.58. The van der Waals surface area contributed by atoms with E-state index in [1.807, 2.05) is 43.3 Å². The van der Waals surface area contributed by atoms with E-state index in [4.69, 9.17) is 0 Å². The van der Waals surface area contributed by atoms with Crippen LogP contribution in [0.3, 0.4) is 0 Å². The number of nitrogens with one attached hydrogen (secondary N) is 1. The normalized spacial score (nSPS) is 11.2. The van der Waals surface area contributed by atoms with Gasteiger partial charge < -0.3 is 10.2 Å². The van der Waals surface area contributed by atoms with Crippen molar-refractivity contribution in [2.45, 2.75) is 27.3 Å². The van der Waals surface area contributed by atoms with Gasteiger partial charge in [0.05, 0.1) is 6.54 Å². The number of rotatable bonds is 8. The largest absolute Gasteiger partial charge is 0.351 e. The van der Waals surface area contributed by atoms with Crippen molar-refractivity contribution in [3.63, 3.8) is 0 Å². The molecule has 3 aromatic rings. The van der Waals surface area contributed by atoms with Crippen molar-refractivity contribution in [1.82, 2.24) is 19.8 Å². The number of likely N-dealkylation sites (N-methyl/N-ethyl adjacent to an activating group) is 1. The Balaban J connectivity index is 1.92. The number of amides is 1. The Labute approximate surface area is 171 Å². The van der Waals surface area contributed by atoms with Crippen molar-refractivity contribution < 1.29 is 4.79 Å². The highest BCUT2D eigenvalue weighted by Crippen LogP contribution is 2.13. The van der Waals surface area contributed by atoms with E-state index in [2.05, 4.69) is 29.0 Å². The van der Waals surface area contributed by atoms with Crippen molar-refractivity contribution in [3.8, 4) is 0 Å². The molecule has 29 heavy (non-hydrogen) atoms. The molecule has 0 fully saturated rings. The molecule has 0 aliphatic rings. The van der Waals surface area contributed by atoms with E-state index in [1.165, 1.54) is 0 Å². The lowest BCUT2D eigenvalue weighted by Crippen LogP contribution is -2.38. The SMILES string of the molecule is CCN(CC)CCNC(=O)c1cc2cccnc2n(Cc2ccc(C)cc2)c1=O. The molecule has 2 aromatic heterocycles. The molecule has 0 saturated carbocycles. The van der Waals surface area contributed by atoms with Gasteiger partial charge in [-0.1, -0.05) is 43.7 Å². The summed E-state index contributed by atoms with van der Waals surface area (Å²) in [5.74, 6) is -0.342. The maximum atomic E-state index is 13.2. The summed E-state index contributed by atoms with van der Waals surface area (Å²) in [6.07, 6.45) is 1.66. The number of nitrogens with zero attached hydrogens (tertiary/aromatic N) is 3. The van der Waals surface area contributed by atoms with Gasteiger partial charge in [0.25, 0.3) is 11.5 Å². The Morgan fingerprint density at radius 3 is 2.55 bits per heavy atom. The first-order chi connectivity index (χ1) is 14.0. The molecule has 0 radical (unpaired) electrons. The van der Waals surface area contributed by atoms with E-state index < -0.39 is 0 Å². The molecule has 0 bridgehead atoms. The van der Waals surface area contributed by atoms with Crippen LogP contribution in [-0.4, -0.2) is 46.5 Å². The standard InChI is InChI=1S/C23H28N4O2/c1-4-26(5-2)14-13-25-22(28)20-15-19-7-6-12-24-21(19)27(23(20)29)16-18-10-8-17(3)9-11-18/h6-12,15H,4-5,13-14,16H2,1-3H3,(H,25,28). The van der Waals surface area contributed by atoms with Gasteiger partial charge in [0.2, 0.25) is 0 Å². The molecule has 0 spiro atoms. The van der Waals surface area contributed by atoms with Crippen molar-refractivity contribution in [3.05, 3.63) is 75.7 Å². The Hall–Kier alpha value is -2.99. The van der Waals surface area contributed by atoms with Crippen LogP contribution in [0.4, 0.5) is 0 Å². The third-order valence-corrected chi connectivity index (χ3v) is 5.16. The van der Waals surface area contributed by atoms with Crippen molar-refractivity contribution in [2.75, 3.05) is 26.2 Å². The molecule has 3 rings (SSSR count). The van der Waals surface area contributed by atoms with Crippen LogP contribution in [0.15, 0.2) is 53.5 Å². The zero-order valence-corrected chi connectivity index (χ0v) is 17.3. The minimum absolute atomic E-state index is 0.150. The van der Waals surface area contributed by atoms with Crippen LogP contribution in [-0.2, 0) is 6.54 Å². The molecule has 6 heteroatoms. The van der Waals surface area contributed by atoms with Crippen molar-refractivity contribution in [2.24, 2.45) is 0 Å². The highest BCUT2D eigenvalue weighted by molar-refractivity contribution is 5.96. The summed E-state index contributed by atoms with van der Waals surface area (Å²) in [7, 11) is 0. The van der Waals surface area contributed by atoms with Crippen LogP contribution in [0.2, 0.25) is 0 Å². The van der Waals surface area contributed by atoms with Gasteiger partial charge in [-0.2, -0.15) is 0 Å². The zero-order valence-electron chi connectivity index (χ0n) is 17.3. The average molecular weight is 393 g/mol. The second kappa shape index (κ2) is 9.47. The van der Waals surface area contributed by atoms with Gasteiger partial charge in [-0.05, 0) is 43.8 Å². The van der Waals surface area contributed by atoms with Gasteiger partial charge in [0.1, 0.15) is 11.2 Å². The van der Waals surface area contributed by atoms with E-state index in [0.717, 1.165) is 36.1 Å². The van der Waals surface area contributed by atoms with E-state index >= 15 is 0 Å². The summed E-state index contributed by atoms with van der Waals surface area (Å²) in [5, 5.41) is 3.66. The maximum absolute atomic E-state index is 13.2. The molecule has 1 N–H and O–H groups in total. The molecule has 6 nitrogen and oxygen atoms in total. The predicted octanol–water partition coefficient (Wildman–Crippen LogP) is 2.82. The number of aryl methyl sites for hydroxylation is 1. The number of carbonyl (C=O) groups excluding carboxylic acids is 1. The van der Waals surface area contributed by atoms with Crippen molar-refractivity contribution >= 4 is 16.9 Å². The second-order valence-corrected chi connectivity index (χ2v) is 7.13. The molecule has 1 aromatic carbocycles. The number of aromatic nitrogens is 2. The second-order valence-electron chi connectivity index (χ2n) is 7.13. The Kier molecular flexibility index (Phi) is 6.77. The fourth-order valence-corrected chi connectivity index (χ4v) is 3.35. The Bertz CT molecular complexity index is 1040. The smallest absolute Gasteiger partial charge is 0.265 e. The highest BCUT2D eigenvalue weighted by Gasteiger charge is 2.16. The van der Waals surface area contributed by atoms with E-state index in [1.54, 1.807) is 16.8 Å². The van der Waals surface area contributed by atoms with Crippen LogP contribution in [0.1, 0.15) is 35.3 Å². The topological polar surface area (TPSA) is 67.2 Å². The van der Waals surface area contributed by atoms with Gasteiger partial charge in [0, 0.05) is 24.7 Å². The first-order valence-corrected chi connectivity index (χ1v) is 10.1. The van der Waals surface area contributed by atoms with Gasteiger partial charge in [-0.15, -0.1) is 0 Å². The number of benzene rings is 1. The van der Waals surface area contributed by atoms with Gasteiger partial charge >= 0.3 is 0 Å². The van der Waals surface area contributed by atoms with E-state index in [0.29, 0.717) is 18.7 Å². The predicted molar refractivity (Wildman–Crippen MR) is 116 cm³/mol. The molecule has 0 saturated heterocycles. The first kappa shape index (κ1) is 20.7. The minimum Gasteiger partial charge on any atom is -0.351 e. The van der Waals surface area contributed by atoms with E-state index in [9.17, 15) is 9.59 Å². The first-order valence-electron chi connectivity index (χ1n) is 10.1. The molecule has 0 atom stereocenters. The molecule has 1 amide bonds. The summed E-state index contributed by atoms with van der Waals surface area (Å²) in [6, 6.07) is 13.3. The quantitative estimate of drug-likeness (QED) is 0.640. The average Bonchev–Trinajstić information content (AvgIpc) is 2.74. The van der Waals surface area contributed by atoms with Crippen LogP contribution in [0.5, 0.6) is 0 Å². The number of carbonyl (C=O) groups is 1. The van der Waals surface area contributed by atoms with Crippen LogP contribution in [0, 0.1) is 6.92 Å². The van der Waals surface area contributed by atoms with Gasteiger partial charge in [-0.25, -0.2) is 4.98 Å². The molecule has 0 unspecified atom stereocenters. The molecule has 0 aliphatic heterocycles. The summed E-state index contributed by atoms with van der Waals surface area (Å²) in [6.45, 7) is 9.68. The Morgan fingerprint density at radius 2 is 1.86 bits per heavy atom. The highest BCUT2D eigenvalue weighted by atomic mass is 16.2. The van der Waals surface area contributed by atoms with Crippen LogP contribution >= 0.6 is 0 Å². The number of fused-ring (bicyclic) bond motifs is 1. The molecular formula is C23H28N4O2. The van der Waals surface area contributed by atoms with Gasteiger partial charge in [0.15, 0.2) is 0 Å². The Morgan fingerprint density at radius 1 is 1.14 bits per heavy atom. The van der Waals surface area contributed by atoms with Gasteiger partial charge in [-0.3, -0.25) is 14.2 Å². The lowest BCUT2D eigenvalue weighted by molar-refractivity contribution is 0.0947. The lowest BCUT2D eigenvalue weighted by atomic mass is 10.1. The number of hydrogen-bond donors (Lipinski definition) is 1. The summed E-state index contributed by atoms with van der Waals surface area (Å²) >= 11 is 0. The zero-order chi connectivity index (χ0) is 20.8. The lowest BCUT2D eigenvalue weighted by Gasteiger charge is -2.18. The maximum Gasteiger partial charge on any atom is 0.265 e. The third-order valence-electron chi connectivity index (χ3n) is 5.16. The van der Waals surface area contributed by atoms with Crippen molar-refractivity contribution in [1.29, 1.82) is 0 Å². The number of pyridine rings is 2.